The Morgan fingerprint density at radius 1 is 1.15 bits per heavy atom. The van der Waals surface area contributed by atoms with Gasteiger partial charge in [0.05, 0.1) is 11.7 Å². The molecule has 1 aliphatic rings. The van der Waals surface area contributed by atoms with Crippen LogP contribution in [0.1, 0.15) is 52.9 Å². The fraction of sp³-hybridized carbons (Fsp3) is 0.833. The van der Waals surface area contributed by atoms with Crippen LogP contribution in [0.5, 0.6) is 0 Å². The Balaban J connectivity index is 2.42. The van der Waals surface area contributed by atoms with Crippen molar-refractivity contribution in [1.82, 2.24) is 0 Å². The average Bonchev–Trinajstić information content (AvgIpc) is 1.92. The SMILES string of the molecule is CC(C)(C)OC1/C=C/CCCCC1. The lowest BCUT2D eigenvalue weighted by atomic mass is 10.0. The second kappa shape index (κ2) is 4.80. The molecule has 0 saturated heterocycles. The van der Waals surface area contributed by atoms with Crippen LogP contribution in [0.3, 0.4) is 0 Å². The number of hydrogen-bond acceptors (Lipinski definition) is 1. The van der Waals surface area contributed by atoms with E-state index in [9.17, 15) is 0 Å². The van der Waals surface area contributed by atoms with Crippen LogP contribution in [0.4, 0.5) is 0 Å². The summed E-state index contributed by atoms with van der Waals surface area (Å²) in [7, 11) is 0. The predicted octanol–water partition coefficient (Wildman–Crippen LogP) is 3.69. The summed E-state index contributed by atoms with van der Waals surface area (Å²) in [6, 6.07) is 0. The maximum absolute atomic E-state index is 5.93. The van der Waals surface area contributed by atoms with Gasteiger partial charge in [-0.05, 0) is 40.0 Å². The van der Waals surface area contributed by atoms with Gasteiger partial charge in [0.2, 0.25) is 0 Å². The van der Waals surface area contributed by atoms with Crippen LogP contribution < -0.4 is 0 Å². The van der Waals surface area contributed by atoms with E-state index in [1.54, 1.807) is 0 Å². The zero-order chi connectivity index (χ0) is 9.73. The van der Waals surface area contributed by atoms with Crippen molar-refractivity contribution in [3.8, 4) is 0 Å². The Hall–Kier alpha value is -0.300. The summed E-state index contributed by atoms with van der Waals surface area (Å²) in [4.78, 5) is 0. The van der Waals surface area contributed by atoms with Crippen LogP contribution in [0, 0.1) is 0 Å². The summed E-state index contributed by atoms with van der Waals surface area (Å²) in [5.41, 5.74) is -0.00575. The van der Waals surface area contributed by atoms with Crippen molar-refractivity contribution in [3.63, 3.8) is 0 Å². The summed E-state index contributed by atoms with van der Waals surface area (Å²) in [5.74, 6) is 0. The van der Waals surface area contributed by atoms with Crippen molar-refractivity contribution in [2.45, 2.75) is 64.6 Å². The number of hydrogen-bond donors (Lipinski definition) is 0. The van der Waals surface area contributed by atoms with Crippen LogP contribution >= 0.6 is 0 Å². The zero-order valence-corrected chi connectivity index (χ0v) is 9.18. The molecule has 0 aromatic heterocycles. The van der Waals surface area contributed by atoms with E-state index in [0.717, 1.165) is 0 Å². The van der Waals surface area contributed by atoms with Gasteiger partial charge in [0.25, 0.3) is 0 Å². The molecular weight excluding hydrogens is 160 g/mol. The van der Waals surface area contributed by atoms with Crippen LogP contribution in [0.25, 0.3) is 0 Å². The Morgan fingerprint density at radius 3 is 2.62 bits per heavy atom. The summed E-state index contributed by atoms with van der Waals surface area (Å²) in [6.45, 7) is 6.37. The molecule has 1 unspecified atom stereocenters. The second-order valence-electron chi connectivity index (χ2n) is 4.83. The molecule has 0 radical (unpaired) electrons. The van der Waals surface area contributed by atoms with Crippen molar-refractivity contribution < 1.29 is 4.74 Å². The first-order chi connectivity index (χ1) is 6.08. The molecule has 1 nitrogen and oxygen atoms in total. The molecule has 0 fully saturated rings. The summed E-state index contributed by atoms with van der Waals surface area (Å²) in [5, 5.41) is 0. The highest BCUT2D eigenvalue weighted by Crippen LogP contribution is 2.19. The molecule has 1 aliphatic carbocycles. The van der Waals surface area contributed by atoms with Gasteiger partial charge < -0.3 is 4.74 Å². The highest BCUT2D eigenvalue weighted by atomic mass is 16.5. The first kappa shape index (κ1) is 10.8. The molecule has 0 saturated carbocycles. The molecule has 0 aromatic carbocycles. The molecule has 13 heavy (non-hydrogen) atoms. The molecule has 76 valence electrons. The molecule has 0 spiro atoms. The van der Waals surface area contributed by atoms with Gasteiger partial charge in [-0.3, -0.25) is 0 Å². The van der Waals surface area contributed by atoms with E-state index in [4.69, 9.17) is 4.74 Å². The standard InChI is InChI=1S/C12H22O/c1-12(2,3)13-11-9-7-5-4-6-8-10-11/h7,9,11H,4-6,8,10H2,1-3H3/b9-7+. The van der Waals surface area contributed by atoms with Crippen LogP contribution in [0.15, 0.2) is 12.2 Å². The summed E-state index contributed by atoms with van der Waals surface area (Å²) >= 11 is 0. The second-order valence-corrected chi connectivity index (χ2v) is 4.83. The van der Waals surface area contributed by atoms with Crippen molar-refractivity contribution in [2.24, 2.45) is 0 Å². The minimum atomic E-state index is -0.00575. The Kier molecular flexibility index (Phi) is 3.98. The van der Waals surface area contributed by atoms with Gasteiger partial charge in [-0.1, -0.05) is 25.0 Å². The third-order valence-electron chi connectivity index (χ3n) is 2.22. The minimum Gasteiger partial charge on any atom is -0.369 e. The molecule has 0 bridgehead atoms. The van der Waals surface area contributed by atoms with E-state index in [1.807, 2.05) is 0 Å². The lowest BCUT2D eigenvalue weighted by molar-refractivity contribution is -0.0421. The van der Waals surface area contributed by atoms with Gasteiger partial charge in [0, 0.05) is 0 Å². The number of ether oxygens (including phenoxy) is 1. The summed E-state index contributed by atoms with van der Waals surface area (Å²) < 4.78 is 5.93. The van der Waals surface area contributed by atoms with Crippen LogP contribution in [0.2, 0.25) is 0 Å². The first-order valence-corrected chi connectivity index (χ1v) is 5.42. The van der Waals surface area contributed by atoms with Gasteiger partial charge in [-0.25, -0.2) is 0 Å². The maximum Gasteiger partial charge on any atom is 0.0762 e. The van der Waals surface area contributed by atoms with Gasteiger partial charge in [0.15, 0.2) is 0 Å². The molecule has 1 rings (SSSR count). The molecule has 1 atom stereocenters. The number of rotatable bonds is 1. The van der Waals surface area contributed by atoms with E-state index in [1.165, 1.54) is 32.1 Å². The van der Waals surface area contributed by atoms with Crippen LogP contribution in [-0.4, -0.2) is 11.7 Å². The van der Waals surface area contributed by atoms with Gasteiger partial charge in [0.1, 0.15) is 0 Å². The van der Waals surface area contributed by atoms with E-state index in [2.05, 4.69) is 32.9 Å². The lowest BCUT2D eigenvalue weighted by Crippen LogP contribution is -2.26. The van der Waals surface area contributed by atoms with Crippen molar-refractivity contribution >= 4 is 0 Å². The Bertz CT molecular complexity index is 164. The first-order valence-electron chi connectivity index (χ1n) is 5.42. The number of allylic oxidation sites excluding steroid dienone is 1. The molecular formula is C12H22O. The molecule has 0 amide bonds. The third-order valence-corrected chi connectivity index (χ3v) is 2.22. The minimum absolute atomic E-state index is 0.00575. The quantitative estimate of drug-likeness (QED) is 0.562. The monoisotopic (exact) mass is 182 g/mol. The third kappa shape index (κ3) is 5.09. The largest absolute Gasteiger partial charge is 0.369 e. The molecule has 0 heterocycles. The van der Waals surface area contributed by atoms with Gasteiger partial charge in [-0.2, -0.15) is 0 Å². The Morgan fingerprint density at radius 2 is 1.92 bits per heavy atom. The molecule has 0 aromatic rings. The highest BCUT2D eigenvalue weighted by molar-refractivity contribution is 4.92. The fourth-order valence-electron chi connectivity index (χ4n) is 1.68. The predicted molar refractivity (Wildman–Crippen MR) is 56.9 cm³/mol. The zero-order valence-electron chi connectivity index (χ0n) is 9.18. The van der Waals surface area contributed by atoms with E-state index >= 15 is 0 Å². The Labute approximate surface area is 82.2 Å². The fourth-order valence-corrected chi connectivity index (χ4v) is 1.68. The molecule has 0 N–H and O–H groups in total. The smallest absolute Gasteiger partial charge is 0.0762 e. The van der Waals surface area contributed by atoms with Crippen LogP contribution in [-0.2, 0) is 4.74 Å². The topological polar surface area (TPSA) is 9.23 Å². The van der Waals surface area contributed by atoms with Gasteiger partial charge in [-0.15, -0.1) is 0 Å². The van der Waals surface area contributed by atoms with Crippen molar-refractivity contribution in [3.05, 3.63) is 12.2 Å². The van der Waals surface area contributed by atoms with E-state index in [0.29, 0.717) is 6.10 Å². The highest BCUT2D eigenvalue weighted by Gasteiger charge is 2.16. The summed E-state index contributed by atoms with van der Waals surface area (Å²) in [6.07, 6.45) is 11.3. The van der Waals surface area contributed by atoms with Gasteiger partial charge >= 0.3 is 0 Å². The van der Waals surface area contributed by atoms with E-state index in [-0.39, 0.29) is 5.60 Å². The van der Waals surface area contributed by atoms with Crippen molar-refractivity contribution in [1.29, 1.82) is 0 Å². The maximum atomic E-state index is 5.93. The molecule has 0 aliphatic heterocycles. The molecule has 1 heteroatoms. The lowest BCUT2D eigenvalue weighted by Gasteiger charge is -2.26. The van der Waals surface area contributed by atoms with Crippen molar-refractivity contribution in [2.75, 3.05) is 0 Å². The normalized spacial score (nSPS) is 27.8. The van der Waals surface area contributed by atoms with E-state index < -0.39 is 0 Å². The average molecular weight is 182 g/mol.